The van der Waals surface area contributed by atoms with E-state index in [4.69, 9.17) is 9.47 Å². The van der Waals surface area contributed by atoms with Gasteiger partial charge in [0.05, 0.1) is 25.4 Å². The summed E-state index contributed by atoms with van der Waals surface area (Å²) < 4.78 is 10.5. The van der Waals surface area contributed by atoms with Gasteiger partial charge in [0.25, 0.3) is 0 Å². The van der Waals surface area contributed by atoms with Crippen LogP contribution in [0.4, 0.5) is 5.69 Å². The molecule has 0 saturated carbocycles. The minimum Gasteiger partial charge on any atom is -0.497 e. The zero-order valence-corrected chi connectivity index (χ0v) is 19.5. The van der Waals surface area contributed by atoms with Gasteiger partial charge >= 0.3 is 11.9 Å². The molecule has 0 radical (unpaired) electrons. The Balaban J connectivity index is 1.83. The summed E-state index contributed by atoms with van der Waals surface area (Å²) in [5, 5.41) is 12.6. The number of carboxylic acids is 1. The Morgan fingerprint density at radius 3 is 2.67 bits per heavy atom. The molecule has 1 unspecified atom stereocenters. The average Bonchev–Trinajstić information content (AvgIpc) is 2.93. The van der Waals surface area contributed by atoms with E-state index in [0.717, 1.165) is 10.5 Å². The number of nitrogens with zero attached hydrogens (tertiary/aromatic N) is 1. The average molecular weight is 473 g/mol. The normalized spacial score (nSPS) is 16.5. The van der Waals surface area contributed by atoms with E-state index in [1.807, 2.05) is 36.4 Å². The van der Waals surface area contributed by atoms with Crippen LogP contribution in [0.3, 0.4) is 0 Å². The number of benzene rings is 2. The summed E-state index contributed by atoms with van der Waals surface area (Å²) in [6.45, 7) is 1.47. The van der Waals surface area contributed by atoms with E-state index < -0.39 is 36.5 Å². The lowest BCUT2D eigenvalue weighted by Crippen LogP contribution is -2.54. The number of anilines is 1. The Kier molecular flexibility index (Phi) is 8.73. The van der Waals surface area contributed by atoms with Crippen molar-refractivity contribution in [1.29, 1.82) is 0 Å². The molecule has 9 heteroatoms. The molecule has 1 heterocycles. The summed E-state index contributed by atoms with van der Waals surface area (Å²) in [6.07, 6.45) is 1.07. The summed E-state index contributed by atoms with van der Waals surface area (Å²) in [7, 11) is 1.51. The molecule has 1 aliphatic heterocycles. The lowest BCUT2D eigenvalue weighted by molar-refractivity contribution is -0.146. The van der Waals surface area contributed by atoms with Crippen molar-refractivity contribution in [3.63, 3.8) is 0 Å². The van der Waals surface area contributed by atoms with Crippen molar-refractivity contribution in [1.82, 2.24) is 5.32 Å². The van der Waals surface area contributed by atoms with E-state index in [-0.39, 0.29) is 6.61 Å². The molecule has 0 saturated heterocycles. The Bertz CT molecular complexity index is 984. The first-order chi connectivity index (χ1) is 15.9. The lowest BCUT2D eigenvalue weighted by Gasteiger charge is -2.27. The molecule has 0 aliphatic carbocycles. The molecule has 1 amide bonds. The molecular formula is C24H28N2O6S. The van der Waals surface area contributed by atoms with Gasteiger partial charge in [-0.15, -0.1) is 11.8 Å². The van der Waals surface area contributed by atoms with Crippen molar-refractivity contribution < 1.29 is 29.0 Å². The second kappa shape index (κ2) is 11.7. The fourth-order valence-corrected chi connectivity index (χ4v) is 4.70. The Hall–Kier alpha value is -3.04. The Labute approximate surface area is 197 Å². The number of aliphatic carboxylic acids is 1. The molecule has 33 heavy (non-hydrogen) atoms. The van der Waals surface area contributed by atoms with E-state index in [9.17, 15) is 19.5 Å². The maximum absolute atomic E-state index is 13.4. The second-order valence-electron chi connectivity index (χ2n) is 7.51. The fraction of sp³-hybridized carbons (Fsp3) is 0.375. The predicted molar refractivity (Wildman–Crippen MR) is 126 cm³/mol. The SMILES string of the molecule is CCOC(=O)C(CCc1ccccc1)N[C@H]1CSc2ccc(OC)cc2N(CC(=O)O)C1=O. The topological polar surface area (TPSA) is 105 Å². The number of esters is 1. The molecule has 176 valence electrons. The standard InChI is InChI=1S/C24H28N2O6S/c1-3-32-24(30)18(11-9-16-7-5-4-6-8-16)25-19-15-33-21-12-10-17(31-2)13-20(21)26(23(19)29)14-22(27)28/h4-8,10,12-13,18-19,25H,3,9,11,14-15H2,1-2H3,(H,27,28)/t18?,19-/m0/s1. The van der Waals surface area contributed by atoms with Gasteiger partial charge in [0, 0.05) is 16.7 Å². The van der Waals surface area contributed by atoms with Gasteiger partial charge in [-0.3, -0.25) is 24.6 Å². The summed E-state index contributed by atoms with van der Waals surface area (Å²) in [5.41, 5.74) is 1.55. The minimum atomic E-state index is -1.13. The smallest absolute Gasteiger partial charge is 0.323 e. The van der Waals surface area contributed by atoms with Crippen molar-refractivity contribution in [2.45, 2.75) is 36.7 Å². The molecule has 3 rings (SSSR count). The quantitative estimate of drug-likeness (QED) is 0.509. The van der Waals surface area contributed by atoms with Crippen LogP contribution in [0.1, 0.15) is 18.9 Å². The van der Waals surface area contributed by atoms with E-state index in [1.165, 1.54) is 23.8 Å². The summed E-state index contributed by atoms with van der Waals surface area (Å²) in [5.74, 6) is -1.11. The third-order valence-corrected chi connectivity index (χ3v) is 6.41. The molecule has 0 aromatic heterocycles. The minimum absolute atomic E-state index is 0.228. The highest BCUT2D eigenvalue weighted by molar-refractivity contribution is 7.99. The largest absolute Gasteiger partial charge is 0.497 e. The van der Waals surface area contributed by atoms with Gasteiger partial charge < -0.3 is 14.6 Å². The zero-order chi connectivity index (χ0) is 23.8. The fourth-order valence-electron chi connectivity index (χ4n) is 3.64. The third kappa shape index (κ3) is 6.49. The molecule has 2 N–H and O–H groups in total. The number of carboxylic acid groups (broad SMARTS) is 1. The third-order valence-electron chi connectivity index (χ3n) is 5.26. The highest BCUT2D eigenvalue weighted by Gasteiger charge is 2.35. The molecule has 1 aliphatic rings. The van der Waals surface area contributed by atoms with Gasteiger partial charge in [0.1, 0.15) is 18.3 Å². The van der Waals surface area contributed by atoms with Crippen LogP contribution in [0.5, 0.6) is 5.75 Å². The van der Waals surface area contributed by atoms with E-state index in [2.05, 4.69) is 5.32 Å². The summed E-state index contributed by atoms with van der Waals surface area (Å²) in [4.78, 5) is 39.6. The van der Waals surface area contributed by atoms with Gasteiger partial charge in [-0.25, -0.2) is 0 Å². The van der Waals surface area contributed by atoms with Crippen LogP contribution in [0.15, 0.2) is 53.4 Å². The van der Waals surface area contributed by atoms with E-state index in [1.54, 1.807) is 19.1 Å². The van der Waals surface area contributed by atoms with Crippen molar-refractivity contribution in [3.8, 4) is 5.75 Å². The molecule has 0 fully saturated rings. The monoisotopic (exact) mass is 472 g/mol. The van der Waals surface area contributed by atoms with Crippen LogP contribution >= 0.6 is 11.8 Å². The van der Waals surface area contributed by atoms with Crippen LogP contribution < -0.4 is 15.0 Å². The van der Waals surface area contributed by atoms with E-state index in [0.29, 0.717) is 30.0 Å². The first kappa shape index (κ1) is 24.6. The Morgan fingerprint density at radius 2 is 2.00 bits per heavy atom. The van der Waals surface area contributed by atoms with Gasteiger partial charge in [-0.05, 0) is 37.5 Å². The van der Waals surface area contributed by atoms with Gasteiger partial charge in [0.2, 0.25) is 5.91 Å². The number of thioether (sulfide) groups is 1. The van der Waals surface area contributed by atoms with Crippen molar-refractivity contribution in [2.24, 2.45) is 0 Å². The molecule has 0 spiro atoms. The molecule has 8 nitrogen and oxygen atoms in total. The van der Waals surface area contributed by atoms with Crippen LogP contribution in [0, 0.1) is 0 Å². The number of rotatable bonds is 10. The van der Waals surface area contributed by atoms with Crippen LogP contribution in [-0.2, 0) is 25.5 Å². The number of carbonyl (C=O) groups excluding carboxylic acids is 2. The van der Waals surface area contributed by atoms with Crippen molar-refractivity contribution in [2.75, 3.05) is 30.9 Å². The number of methoxy groups -OCH3 is 1. The van der Waals surface area contributed by atoms with Crippen molar-refractivity contribution in [3.05, 3.63) is 54.1 Å². The number of nitrogens with one attached hydrogen (secondary N) is 1. The molecule has 0 bridgehead atoms. The number of aryl methyl sites for hydroxylation is 1. The van der Waals surface area contributed by atoms with Crippen LogP contribution in [0.2, 0.25) is 0 Å². The molecule has 2 aromatic carbocycles. The summed E-state index contributed by atoms with van der Waals surface area (Å²) >= 11 is 1.43. The lowest BCUT2D eigenvalue weighted by atomic mass is 10.0. The maximum atomic E-state index is 13.4. The number of carbonyl (C=O) groups is 3. The Morgan fingerprint density at radius 1 is 1.24 bits per heavy atom. The van der Waals surface area contributed by atoms with Crippen LogP contribution in [-0.4, -0.2) is 61.1 Å². The van der Waals surface area contributed by atoms with Gasteiger partial charge in [-0.2, -0.15) is 0 Å². The number of fused-ring (bicyclic) bond motifs is 1. The zero-order valence-electron chi connectivity index (χ0n) is 18.7. The molecular weight excluding hydrogens is 444 g/mol. The number of ether oxygens (including phenoxy) is 2. The maximum Gasteiger partial charge on any atom is 0.323 e. The van der Waals surface area contributed by atoms with Gasteiger partial charge in [0.15, 0.2) is 0 Å². The number of hydrogen-bond donors (Lipinski definition) is 2. The summed E-state index contributed by atoms with van der Waals surface area (Å²) in [6, 6.07) is 13.5. The molecule has 2 atom stereocenters. The van der Waals surface area contributed by atoms with Crippen molar-refractivity contribution >= 4 is 35.3 Å². The first-order valence-corrected chi connectivity index (χ1v) is 11.7. The number of hydrogen-bond acceptors (Lipinski definition) is 7. The van der Waals surface area contributed by atoms with Gasteiger partial charge in [-0.1, -0.05) is 30.3 Å². The molecule has 2 aromatic rings. The highest BCUT2D eigenvalue weighted by atomic mass is 32.2. The van der Waals surface area contributed by atoms with Crippen LogP contribution in [0.25, 0.3) is 0 Å². The first-order valence-electron chi connectivity index (χ1n) is 10.7. The second-order valence-corrected chi connectivity index (χ2v) is 8.57. The van der Waals surface area contributed by atoms with E-state index >= 15 is 0 Å². The number of amides is 1. The predicted octanol–water partition coefficient (Wildman–Crippen LogP) is 2.74. The highest BCUT2D eigenvalue weighted by Crippen LogP contribution is 2.37.